The second kappa shape index (κ2) is 8.98. The molecule has 0 fully saturated rings. The lowest BCUT2D eigenvalue weighted by Crippen LogP contribution is -2.44. The van der Waals surface area contributed by atoms with Crippen molar-refractivity contribution in [3.8, 4) is 0 Å². The second-order valence-electron chi connectivity index (χ2n) is 6.24. The zero-order chi connectivity index (χ0) is 19.1. The van der Waals surface area contributed by atoms with Crippen LogP contribution in [-0.4, -0.2) is 34.4 Å². The topological polar surface area (TPSA) is 84.0 Å². The Labute approximate surface area is 150 Å². The molecule has 6 nitrogen and oxygen atoms in total. The summed E-state index contributed by atoms with van der Waals surface area (Å²) < 4.78 is 26.3. The molecule has 2 aromatic heterocycles. The van der Waals surface area contributed by atoms with Crippen LogP contribution in [0.25, 0.3) is 0 Å². The molecule has 8 heteroatoms. The van der Waals surface area contributed by atoms with Crippen molar-refractivity contribution in [2.24, 2.45) is 5.92 Å². The van der Waals surface area contributed by atoms with Crippen LogP contribution in [0.5, 0.6) is 0 Å². The Morgan fingerprint density at radius 1 is 1.00 bits per heavy atom. The Morgan fingerprint density at radius 3 is 2.04 bits per heavy atom. The van der Waals surface area contributed by atoms with E-state index in [-0.39, 0.29) is 29.6 Å². The van der Waals surface area contributed by atoms with Crippen LogP contribution in [0.3, 0.4) is 0 Å². The molecule has 1 atom stereocenters. The van der Waals surface area contributed by atoms with Gasteiger partial charge < -0.3 is 10.6 Å². The highest BCUT2D eigenvalue weighted by atomic mass is 19.1. The Bertz CT molecular complexity index is 783. The molecule has 0 saturated heterocycles. The third-order valence-electron chi connectivity index (χ3n) is 3.58. The molecule has 2 amide bonds. The zero-order valence-electron chi connectivity index (χ0n) is 14.5. The van der Waals surface area contributed by atoms with Gasteiger partial charge in [0.1, 0.15) is 0 Å². The molecule has 1 unspecified atom stereocenters. The molecule has 0 radical (unpaired) electrons. The average molecular weight is 362 g/mol. The summed E-state index contributed by atoms with van der Waals surface area (Å²) in [7, 11) is 0. The van der Waals surface area contributed by atoms with Crippen LogP contribution in [0.4, 0.5) is 8.78 Å². The maximum absolute atomic E-state index is 13.2. The van der Waals surface area contributed by atoms with Gasteiger partial charge in [0.05, 0.1) is 0 Å². The largest absolute Gasteiger partial charge is 0.350 e. The lowest BCUT2D eigenvalue weighted by molar-refractivity contribution is 0.0903. The molecule has 2 heterocycles. The van der Waals surface area contributed by atoms with Crippen LogP contribution in [-0.2, 0) is 0 Å². The minimum atomic E-state index is -0.746. The molecule has 0 saturated carbocycles. The normalized spacial score (nSPS) is 11.9. The summed E-state index contributed by atoms with van der Waals surface area (Å²) in [5.74, 6) is -2.16. The highest BCUT2D eigenvalue weighted by Gasteiger charge is 2.17. The highest BCUT2D eigenvalue weighted by molar-refractivity contribution is 5.95. The van der Waals surface area contributed by atoms with Crippen molar-refractivity contribution < 1.29 is 18.4 Å². The minimum Gasteiger partial charge on any atom is -0.350 e. The number of rotatable bonds is 7. The van der Waals surface area contributed by atoms with Gasteiger partial charge in [0.25, 0.3) is 11.8 Å². The molecule has 2 rings (SSSR count). The van der Waals surface area contributed by atoms with E-state index in [9.17, 15) is 18.4 Å². The van der Waals surface area contributed by atoms with Crippen LogP contribution in [0.2, 0.25) is 0 Å². The SMILES string of the molecule is CC(C)CC(CNC(=O)c1ccnc(F)c1)NC(=O)c1ccnc(F)c1. The van der Waals surface area contributed by atoms with Gasteiger partial charge >= 0.3 is 0 Å². The first-order valence-electron chi connectivity index (χ1n) is 8.17. The van der Waals surface area contributed by atoms with Crippen molar-refractivity contribution in [2.75, 3.05) is 6.54 Å². The number of nitrogens with one attached hydrogen (secondary N) is 2. The maximum Gasteiger partial charge on any atom is 0.251 e. The number of carbonyl (C=O) groups excluding carboxylic acids is 2. The zero-order valence-corrected chi connectivity index (χ0v) is 14.5. The lowest BCUT2D eigenvalue weighted by Gasteiger charge is -2.21. The average Bonchev–Trinajstić information content (AvgIpc) is 2.59. The van der Waals surface area contributed by atoms with Gasteiger partial charge in [-0.15, -0.1) is 0 Å². The van der Waals surface area contributed by atoms with Crippen molar-refractivity contribution in [1.82, 2.24) is 20.6 Å². The summed E-state index contributed by atoms with van der Waals surface area (Å²) in [5.41, 5.74) is 0.289. The van der Waals surface area contributed by atoms with Crippen molar-refractivity contribution in [1.29, 1.82) is 0 Å². The first-order valence-corrected chi connectivity index (χ1v) is 8.17. The van der Waals surface area contributed by atoms with E-state index in [1.54, 1.807) is 0 Å². The Morgan fingerprint density at radius 2 is 1.54 bits per heavy atom. The minimum absolute atomic E-state index is 0.142. The molecule has 26 heavy (non-hydrogen) atoms. The third-order valence-corrected chi connectivity index (χ3v) is 3.58. The van der Waals surface area contributed by atoms with Crippen molar-refractivity contribution in [3.05, 3.63) is 59.7 Å². The van der Waals surface area contributed by atoms with Gasteiger partial charge in [-0.3, -0.25) is 9.59 Å². The molecule has 0 aliphatic heterocycles. The van der Waals surface area contributed by atoms with Crippen molar-refractivity contribution in [2.45, 2.75) is 26.3 Å². The second-order valence-corrected chi connectivity index (χ2v) is 6.24. The Balaban J connectivity index is 2.00. The summed E-state index contributed by atoms with van der Waals surface area (Å²) in [5, 5.41) is 5.44. The molecule has 2 aromatic rings. The number of halogens is 2. The predicted octanol–water partition coefficient (Wildman–Crippen LogP) is 2.33. The quantitative estimate of drug-likeness (QED) is 0.741. The summed E-state index contributed by atoms with van der Waals surface area (Å²) in [6.07, 6.45) is 3.02. The van der Waals surface area contributed by atoms with Gasteiger partial charge in [-0.25, -0.2) is 9.97 Å². The molecular weight excluding hydrogens is 342 g/mol. The fraction of sp³-hybridized carbons (Fsp3) is 0.333. The number of aromatic nitrogens is 2. The van der Waals surface area contributed by atoms with Gasteiger partial charge in [-0.05, 0) is 24.5 Å². The van der Waals surface area contributed by atoms with Gasteiger partial charge in [0.15, 0.2) is 0 Å². The number of hydrogen-bond acceptors (Lipinski definition) is 4. The van der Waals surface area contributed by atoms with Crippen molar-refractivity contribution in [3.63, 3.8) is 0 Å². The molecule has 2 N–H and O–H groups in total. The molecule has 0 spiro atoms. The standard InChI is InChI=1S/C18H20F2N4O2/c1-11(2)7-14(24-18(26)13-4-6-22-16(20)9-13)10-23-17(25)12-3-5-21-15(19)8-12/h3-6,8-9,11,14H,7,10H2,1-2H3,(H,23,25)(H,24,26). The summed E-state index contributed by atoms with van der Waals surface area (Å²) in [6, 6.07) is 4.51. The van der Waals surface area contributed by atoms with Gasteiger partial charge in [-0.1, -0.05) is 13.8 Å². The lowest BCUT2D eigenvalue weighted by atomic mass is 10.0. The fourth-order valence-corrected chi connectivity index (χ4v) is 2.44. The summed E-state index contributed by atoms with van der Waals surface area (Å²) in [6.45, 7) is 4.11. The number of hydrogen-bond donors (Lipinski definition) is 2. The van der Waals surface area contributed by atoms with Crippen LogP contribution < -0.4 is 10.6 Å². The molecule has 138 valence electrons. The number of pyridine rings is 2. The molecule has 0 aliphatic rings. The van der Waals surface area contributed by atoms with Crippen LogP contribution >= 0.6 is 0 Å². The highest BCUT2D eigenvalue weighted by Crippen LogP contribution is 2.07. The van der Waals surface area contributed by atoms with Gasteiger partial charge in [0, 0.05) is 48.2 Å². The first-order chi connectivity index (χ1) is 12.3. The number of carbonyl (C=O) groups is 2. The van der Waals surface area contributed by atoms with Crippen LogP contribution in [0, 0.1) is 17.8 Å². The summed E-state index contributed by atoms with van der Waals surface area (Å²) >= 11 is 0. The van der Waals surface area contributed by atoms with E-state index in [1.165, 1.54) is 24.5 Å². The van der Waals surface area contributed by atoms with E-state index in [2.05, 4.69) is 20.6 Å². The Kier molecular flexibility index (Phi) is 6.71. The number of amides is 2. The number of nitrogens with zero attached hydrogens (tertiary/aromatic N) is 2. The predicted molar refractivity (Wildman–Crippen MR) is 91.4 cm³/mol. The van der Waals surface area contributed by atoms with E-state index in [4.69, 9.17) is 0 Å². The van der Waals surface area contributed by atoms with Gasteiger partial charge in [-0.2, -0.15) is 8.78 Å². The molecule has 0 aromatic carbocycles. The first kappa shape index (κ1) is 19.4. The van der Waals surface area contributed by atoms with E-state index in [0.717, 1.165) is 12.1 Å². The molecule has 0 bridgehead atoms. The smallest absolute Gasteiger partial charge is 0.251 e. The van der Waals surface area contributed by atoms with E-state index >= 15 is 0 Å². The van der Waals surface area contributed by atoms with E-state index in [1.807, 2.05) is 13.8 Å². The van der Waals surface area contributed by atoms with Gasteiger partial charge in [0.2, 0.25) is 11.9 Å². The Hall–Kier alpha value is -2.90. The van der Waals surface area contributed by atoms with E-state index in [0.29, 0.717) is 6.42 Å². The van der Waals surface area contributed by atoms with Crippen molar-refractivity contribution >= 4 is 11.8 Å². The van der Waals surface area contributed by atoms with Crippen LogP contribution in [0.15, 0.2) is 36.7 Å². The monoisotopic (exact) mass is 362 g/mol. The third kappa shape index (κ3) is 5.87. The maximum atomic E-state index is 13.2. The van der Waals surface area contributed by atoms with Crippen LogP contribution in [0.1, 0.15) is 41.0 Å². The van der Waals surface area contributed by atoms with E-state index < -0.39 is 23.7 Å². The molecular formula is C18H20F2N4O2. The fourth-order valence-electron chi connectivity index (χ4n) is 2.44. The summed E-state index contributed by atoms with van der Waals surface area (Å²) in [4.78, 5) is 31.2. The molecule has 0 aliphatic carbocycles.